The third kappa shape index (κ3) is 2.64. The average molecular weight is 276 g/mol. The van der Waals surface area contributed by atoms with Crippen LogP contribution in [0, 0.1) is 5.41 Å². The van der Waals surface area contributed by atoms with Gasteiger partial charge >= 0.3 is 6.03 Å². The average Bonchev–Trinajstić information content (AvgIpc) is 2.43. The second-order valence-corrected chi connectivity index (χ2v) is 4.58. The number of hydrogen-bond donors (Lipinski definition) is 2. The van der Waals surface area contributed by atoms with Gasteiger partial charge in [0, 0.05) is 6.42 Å². The van der Waals surface area contributed by atoms with Gasteiger partial charge in [-0.15, -0.1) is 0 Å². The molecule has 2 rings (SSSR count). The van der Waals surface area contributed by atoms with E-state index in [-0.39, 0.29) is 13.0 Å². The Balaban J connectivity index is 2.02. The van der Waals surface area contributed by atoms with Gasteiger partial charge in [0.05, 0.1) is 6.61 Å². The lowest BCUT2D eigenvalue weighted by Crippen LogP contribution is -2.62. The van der Waals surface area contributed by atoms with Crippen LogP contribution in [0.25, 0.3) is 0 Å². The van der Waals surface area contributed by atoms with Crippen molar-refractivity contribution in [1.29, 1.82) is 0 Å². The van der Waals surface area contributed by atoms with Crippen LogP contribution in [0.1, 0.15) is 19.8 Å². The first-order chi connectivity index (χ1) is 9.58. The van der Waals surface area contributed by atoms with E-state index < -0.39 is 23.3 Å². The molecule has 0 aromatic heterocycles. The molecule has 0 unspecified atom stereocenters. The van der Waals surface area contributed by atoms with Crippen molar-refractivity contribution in [2.45, 2.75) is 19.8 Å². The first-order valence-corrected chi connectivity index (χ1v) is 6.43. The molecule has 0 aliphatic carbocycles. The zero-order valence-electron chi connectivity index (χ0n) is 11.1. The number of barbiturate groups is 1. The van der Waals surface area contributed by atoms with E-state index in [1.165, 1.54) is 0 Å². The Hall–Kier alpha value is -2.37. The predicted octanol–water partition coefficient (Wildman–Crippen LogP) is 1.22. The molecule has 6 heteroatoms. The fourth-order valence-electron chi connectivity index (χ4n) is 2.16. The molecule has 1 fully saturated rings. The summed E-state index contributed by atoms with van der Waals surface area (Å²) in [5.41, 5.74) is -1.25. The molecule has 6 nitrogen and oxygen atoms in total. The van der Waals surface area contributed by atoms with Crippen molar-refractivity contribution in [1.82, 2.24) is 10.6 Å². The molecule has 1 aliphatic heterocycles. The van der Waals surface area contributed by atoms with E-state index in [0.29, 0.717) is 12.2 Å². The monoisotopic (exact) mass is 276 g/mol. The van der Waals surface area contributed by atoms with E-state index in [0.717, 1.165) is 0 Å². The van der Waals surface area contributed by atoms with Crippen LogP contribution in [-0.2, 0) is 9.59 Å². The number of urea groups is 1. The fourth-order valence-corrected chi connectivity index (χ4v) is 2.16. The van der Waals surface area contributed by atoms with E-state index in [2.05, 4.69) is 10.6 Å². The fraction of sp³-hybridized carbons (Fsp3) is 0.357. The highest BCUT2D eigenvalue weighted by atomic mass is 16.5. The van der Waals surface area contributed by atoms with Crippen LogP contribution in [0.15, 0.2) is 30.3 Å². The molecule has 0 spiro atoms. The number of benzene rings is 1. The zero-order valence-corrected chi connectivity index (χ0v) is 11.1. The Morgan fingerprint density at radius 3 is 2.20 bits per heavy atom. The molecule has 106 valence electrons. The molecule has 1 aromatic carbocycles. The van der Waals surface area contributed by atoms with Crippen molar-refractivity contribution in [3.63, 3.8) is 0 Å². The zero-order chi connectivity index (χ0) is 14.6. The number of hydrogen-bond acceptors (Lipinski definition) is 4. The molecule has 20 heavy (non-hydrogen) atoms. The van der Waals surface area contributed by atoms with E-state index in [9.17, 15) is 14.4 Å². The molecule has 1 aliphatic rings. The molecule has 0 saturated carbocycles. The van der Waals surface area contributed by atoms with Crippen molar-refractivity contribution < 1.29 is 19.1 Å². The van der Waals surface area contributed by atoms with Crippen molar-refractivity contribution in [2.24, 2.45) is 5.41 Å². The smallest absolute Gasteiger partial charge is 0.328 e. The number of rotatable bonds is 5. The van der Waals surface area contributed by atoms with Crippen LogP contribution in [0.2, 0.25) is 0 Å². The van der Waals surface area contributed by atoms with Crippen LogP contribution in [0.4, 0.5) is 4.79 Å². The molecule has 1 saturated heterocycles. The molecule has 1 heterocycles. The number of ether oxygens (including phenoxy) is 1. The lowest BCUT2D eigenvalue weighted by atomic mass is 9.79. The maximum atomic E-state index is 12.0. The highest BCUT2D eigenvalue weighted by Gasteiger charge is 2.48. The third-order valence-electron chi connectivity index (χ3n) is 3.47. The normalized spacial score (nSPS) is 17.4. The van der Waals surface area contributed by atoms with Crippen LogP contribution >= 0.6 is 0 Å². The van der Waals surface area contributed by atoms with Gasteiger partial charge in [-0.25, -0.2) is 4.79 Å². The number of nitrogens with one attached hydrogen (secondary N) is 2. The summed E-state index contributed by atoms with van der Waals surface area (Å²) in [6.45, 7) is 1.95. The van der Waals surface area contributed by atoms with E-state index in [1.807, 2.05) is 18.2 Å². The summed E-state index contributed by atoms with van der Waals surface area (Å²) < 4.78 is 5.51. The summed E-state index contributed by atoms with van der Waals surface area (Å²) in [5, 5.41) is 4.27. The highest BCUT2D eigenvalue weighted by molar-refractivity contribution is 6.19. The molecule has 0 radical (unpaired) electrons. The Kier molecular flexibility index (Phi) is 4.02. The van der Waals surface area contributed by atoms with Crippen molar-refractivity contribution >= 4 is 17.8 Å². The number of imide groups is 2. The summed E-state index contributed by atoms with van der Waals surface area (Å²) in [6, 6.07) is 8.36. The largest absolute Gasteiger partial charge is 0.494 e. The predicted molar refractivity (Wildman–Crippen MR) is 71.0 cm³/mol. The lowest BCUT2D eigenvalue weighted by Gasteiger charge is -2.32. The first kappa shape index (κ1) is 14.0. The molecule has 2 N–H and O–H groups in total. The first-order valence-electron chi connectivity index (χ1n) is 6.43. The van der Waals surface area contributed by atoms with E-state index in [4.69, 9.17) is 4.74 Å². The van der Waals surface area contributed by atoms with Crippen LogP contribution in [0.5, 0.6) is 5.75 Å². The van der Waals surface area contributed by atoms with Gasteiger partial charge in [-0.3, -0.25) is 20.2 Å². The van der Waals surface area contributed by atoms with Gasteiger partial charge in [0.25, 0.3) is 0 Å². The minimum absolute atomic E-state index is 0.212. The lowest BCUT2D eigenvalue weighted by molar-refractivity contribution is -0.145. The second kappa shape index (κ2) is 5.73. The maximum Gasteiger partial charge on any atom is 0.328 e. The third-order valence-corrected chi connectivity index (χ3v) is 3.47. The standard InChI is InChI=1S/C14H16N2O4/c1-2-14(11(17)15-13(19)16-12(14)18)8-9-20-10-6-4-3-5-7-10/h3-7H,2,8-9H2,1H3,(H2,15,16,17,18,19). The summed E-state index contributed by atoms with van der Waals surface area (Å²) >= 11 is 0. The van der Waals surface area contributed by atoms with Crippen molar-refractivity contribution in [2.75, 3.05) is 6.61 Å². The van der Waals surface area contributed by atoms with E-state index in [1.54, 1.807) is 19.1 Å². The number of amides is 4. The maximum absolute atomic E-state index is 12.0. The molecule has 0 bridgehead atoms. The molecular weight excluding hydrogens is 260 g/mol. The van der Waals surface area contributed by atoms with Gasteiger partial charge in [-0.2, -0.15) is 0 Å². The quantitative estimate of drug-likeness (QED) is 0.792. The van der Waals surface area contributed by atoms with Gasteiger partial charge in [0.1, 0.15) is 11.2 Å². The Labute approximate surface area is 116 Å². The van der Waals surface area contributed by atoms with Crippen LogP contribution in [-0.4, -0.2) is 24.5 Å². The van der Waals surface area contributed by atoms with Crippen molar-refractivity contribution in [3.05, 3.63) is 30.3 Å². The van der Waals surface area contributed by atoms with E-state index >= 15 is 0 Å². The highest BCUT2D eigenvalue weighted by Crippen LogP contribution is 2.29. The number of carbonyl (C=O) groups is 3. The second-order valence-electron chi connectivity index (χ2n) is 4.58. The topological polar surface area (TPSA) is 84.5 Å². The van der Waals surface area contributed by atoms with Gasteiger partial charge in [-0.1, -0.05) is 25.1 Å². The summed E-state index contributed by atoms with van der Waals surface area (Å²) in [6.07, 6.45) is 0.513. The van der Waals surface area contributed by atoms with Crippen LogP contribution < -0.4 is 15.4 Å². The van der Waals surface area contributed by atoms with Gasteiger partial charge < -0.3 is 4.74 Å². The van der Waals surface area contributed by atoms with Gasteiger partial charge in [0.15, 0.2) is 0 Å². The SMILES string of the molecule is CCC1(CCOc2ccccc2)C(=O)NC(=O)NC1=O. The molecular formula is C14H16N2O4. The summed E-state index contributed by atoms with van der Waals surface area (Å²) in [7, 11) is 0. The molecule has 4 amide bonds. The van der Waals surface area contributed by atoms with Gasteiger partial charge in [-0.05, 0) is 18.6 Å². The van der Waals surface area contributed by atoms with Crippen molar-refractivity contribution in [3.8, 4) is 5.75 Å². The number of para-hydroxylation sites is 1. The van der Waals surface area contributed by atoms with Gasteiger partial charge in [0.2, 0.25) is 11.8 Å². The Bertz CT molecular complexity index is 507. The van der Waals surface area contributed by atoms with Crippen LogP contribution in [0.3, 0.4) is 0 Å². The summed E-state index contributed by atoms with van der Waals surface area (Å²) in [5.74, 6) is -0.456. The summed E-state index contributed by atoms with van der Waals surface area (Å²) in [4.78, 5) is 35.0. The number of carbonyl (C=O) groups excluding carboxylic acids is 3. The molecule has 1 aromatic rings. The minimum Gasteiger partial charge on any atom is -0.494 e. The molecule has 0 atom stereocenters. The minimum atomic E-state index is -1.25. The Morgan fingerprint density at radius 1 is 1.05 bits per heavy atom. The Morgan fingerprint density at radius 2 is 1.65 bits per heavy atom.